The Bertz CT molecular complexity index is 705. The summed E-state index contributed by atoms with van der Waals surface area (Å²) < 4.78 is 12.9. The molecule has 0 aliphatic carbocycles. The maximum Gasteiger partial charge on any atom is 0.259 e. The van der Waals surface area contributed by atoms with Gasteiger partial charge in [-0.05, 0) is 5.92 Å². The van der Waals surface area contributed by atoms with E-state index in [9.17, 15) is 4.79 Å². The number of morpholine rings is 1. The van der Waals surface area contributed by atoms with E-state index in [4.69, 9.17) is 9.47 Å². The third-order valence-corrected chi connectivity index (χ3v) is 3.98. The highest BCUT2D eigenvalue weighted by Crippen LogP contribution is 2.21. The Morgan fingerprint density at radius 3 is 2.83 bits per heavy atom. The number of rotatable bonds is 6. The Balaban J connectivity index is 1.77. The minimum atomic E-state index is -0.176. The molecule has 3 rings (SSSR count). The monoisotopic (exact) mass is 333 g/mol. The fourth-order valence-corrected chi connectivity index (χ4v) is 2.67. The SMILES string of the molecule is CC(C)c1c(OCCN2CCOCC2)nc(-n2ccnc2)[nH]c1=O. The summed E-state index contributed by atoms with van der Waals surface area (Å²) >= 11 is 0. The van der Waals surface area contributed by atoms with E-state index >= 15 is 0 Å². The van der Waals surface area contributed by atoms with Crippen molar-refractivity contribution in [2.45, 2.75) is 19.8 Å². The highest BCUT2D eigenvalue weighted by molar-refractivity contribution is 5.30. The summed E-state index contributed by atoms with van der Waals surface area (Å²) in [6.45, 7) is 8.51. The van der Waals surface area contributed by atoms with Crippen molar-refractivity contribution in [2.24, 2.45) is 0 Å². The van der Waals surface area contributed by atoms with Gasteiger partial charge < -0.3 is 9.47 Å². The summed E-state index contributed by atoms with van der Waals surface area (Å²) in [5.41, 5.74) is 0.394. The molecule has 3 heterocycles. The van der Waals surface area contributed by atoms with Crippen LogP contribution in [0.5, 0.6) is 5.88 Å². The van der Waals surface area contributed by atoms with Crippen molar-refractivity contribution in [2.75, 3.05) is 39.5 Å². The maximum atomic E-state index is 12.4. The summed E-state index contributed by atoms with van der Waals surface area (Å²) in [4.78, 5) is 26.0. The first-order valence-electron chi connectivity index (χ1n) is 8.20. The van der Waals surface area contributed by atoms with Gasteiger partial charge in [-0.2, -0.15) is 4.98 Å². The minimum Gasteiger partial charge on any atom is -0.476 e. The molecule has 0 saturated carbocycles. The van der Waals surface area contributed by atoms with Gasteiger partial charge in [0.1, 0.15) is 12.9 Å². The number of nitrogens with zero attached hydrogens (tertiary/aromatic N) is 4. The zero-order valence-corrected chi connectivity index (χ0v) is 14.1. The van der Waals surface area contributed by atoms with Crippen LogP contribution >= 0.6 is 0 Å². The van der Waals surface area contributed by atoms with Gasteiger partial charge in [-0.25, -0.2) is 4.98 Å². The first-order chi connectivity index (χ1) is 11.6. The third-order valence-electron chi connectivity index (χ3n) is 3.98. The van der Waals surface area contributed by atoms with E-state index in [2.05, 4.69) is 19.9 Å². The number of hydrogen-bond acceptors (Lipinski definition) is 6. The van der Waals surface area contributed by atoms with E-state index in [1.54, 1.807) is 23.3 Å². The molecule has 0 spiro atoms. The van der Waals surface area contributed by atoms with Gasteiger partial charge in [0.25, 0.3) is 5.56 Å². The van der Waals surface area contributed by atoms with Crippen molar-refractivity contribution in [3.05, 3.63) is 34.6 Å². The topological polar surface area (TPSA) is 85.3 Å². The second kappa shape index (κ2) is 7.59. The van der Waals surface area contributed by atoms with Crippen molar-refractivity contribution in [1.82, 2.24) is 24.4 Å². The third kappa shape index (κ3) is 3.82. The molecule has 0 amide bonds. The molecule has 1 saturated heterocycles. The van der Waals surface area contributed by atoms with Gasteiger partial charge in [0.15, 0.2) is 0 Å². The van der Waals surface area contributed by atoms with Crippen molar-refractivity contribution in [3.8, 4) is 11.8 Å². The van der Waals surface area contributed by atoms with E-state index in [1.807, 2.05) is 13.8 Å². The number of imidazole rings is 1. The molecule has 1 N–H and O–H groups in total. The normalized spacial score (nSPS) is 15.8. The molecule has 0 bridgehead atoms. The van der Waals surface area contributed by atoms with Gasteiger partial charge in [-0.3, -0.25) is 19.2 Å². The van der Waals surface area contributed by atoms with Crippen LogP contribution in [0.2, 0.25) is 0 Å². The molecule has 2 aromatic heterocycles. The molecule has 0 atom stereocenters. The van der Waals surface area contributed by atoms with Gasteiger partial charge in [0.2, 0.25) is 11.8 Å². The average Bonchev–Trinajstić information content (AvgIpc) is 3.09. The van der Waals surface area contributed by atoms with E-state index in [0.717, 1.165) is 32.8 Å². The number of ether oxygens (including phenoxy) is 2. The van der Waals surface area contributed by atoms with E-state index in [-0.39, 0.29) is 11.5 Å². The lowest BCUT2D eigenvalue weighted by atomic mass is 10.1. The van der Waals surface area contributed by atoms with Crippen LogP contribution in [-0.2, 0) is 4.74 Å². The van der Waals surface area contributed by atoms with Crippen molar-refractivity contribution in [3.63, 3.8) is 0 Å². The number of aromatic nitrogens is 4. The largest absolute Gasteiger partial charge is 0.476 e. The van der Waals surface area contributed by atoms with Crippen LogP contribution in [0.25, 0.3) is 5.95 Å². The molecule has 8 heteroatoms. The van der Waals surface area contributed by atoms with E-state index in [1.165, 1.54) is 0 Å². The van der Waals surface area contributed by atoms with Crippen LogP contribution in [0.1, 0.15) is 25.3 Å². The fourth-order valence-electron chi connectivity index (χ4n) is 2.67. The molecule has 2 aromatic rings. The molecule has 24 heavy (non-hydrogen) atoms. The van der Waals surface area contributed by atoms with Crippen molar-refractivity contribution >= 4 is 0 Å². The average molecular weight is 333 g/mol. The number of hydrogen-bond donors (Lipinski definition) is 1. The van der Waals surface area contributed by atoms with Gasteiger partial charge in [-0.15, -0.1) is 0 Å². The zero-order valence-electron chi connectivity index (χ0n) is 14.1. The van der Waals surface area contributed by atoms with Crippen LogP contribution in [-0.4, -0.2) is 63.9 Å². The number of aromatic amines is 1. The van der Waals surface area contributed by atoms with Crippen LogP contribution in [0.4, 0.5) is 0 Å². The van der Waals surface area contributed by atoms with Gasteiger partial charge >= 0.3 is 0 Å². The Kier molecular flexibility index (Phi) is 5.27. The van der Waals surface area contributed by atoms with E-state index < -0.39 is 0 Å². The zero-order chi connectivity index (χ0) is 16.9. The quantitative estimate of drug-likeness (QED) is 0.841. The Labute approximate surface area is 140 Å². The Morgan fingerprint density at radius 2 is 2.17 bits per heavy atom. The summed E-state index contributed by atoms with van der Waals surface area (Å²) in [5.74, 6) is 0.824. The molecule has 0 aromatic carbocycles. The molecule has 1 aliphatic heterocycles. The van der Waals surface area contributed by atoms with Crippen LogP contribution in [0, 0.1) is 0 Å². The highest BCUT2D eigenvalue weighted by Gasteiger charge is 2.18. The molecule has 1 fully saturated rings. The first-order valence-corrected chi connectivity index (χ1v) is 8.20. The standard InChI is InChI=1S/C16H23N5O3/c1-12(2)13-14(22)18-16(21-4-3-17-11-21)19-15(13)24-10-7-20-5-8-23-9-6-20/h3-4,11-12H,5-10H2,1-2H3,(H,18,19,22). The maximum absolute atomic E-state index is 12.4. The molecule has 8 nitrogen and oxygen atoms in total. The second-order valence-corrected chi connectivity index (χ2v) is 6.04. The number of nitrogens with one attached hydrogen (secondary N) is 1. The van der Waals surface area contributed by atoms with Gasteiger partial charge in [-0.1, -0.05) is 13.8 Å². The number of H-pyrrole nitrogens is 1. The summed E-state index contributed by atoms with van der Waals surface area (Å²) in [5, 5.41) is 0. The predicted octanol–water partition coefficient (Wildman–Crippen LogP) is 0.790. The first kappa shape index (κ1) is 16.7. The highest BCUT2D eigenvalue weighted by atomic mass is 16.5. The summed E-state index contributed by atoms with van der Waals surface area (Å²) in [7, 11) is 0. The molecule has 1 aliphatic rings. The van der Waals surface area contributed by atoms with Crippen molar-refractivity contribution < 1.29 is 9.47 Å². The lowest BCUT2D eigenvalue weighted by Crippen LogP contribution is -2.38. The molecular weight excluding hydrogens is 310 g/mol. The molecular formula is C16H23N5O3. The fraction of sp³-hybridized carbons (Fsp3) is 0.562. The molecule has 130 valence electrons. The predicted molar refractivity (Wildman–Crippen MR) is 88.8 cm³/mol. The van der Waals surface area contributed by atoms with Crippen LogP contribution in [0.3, 0.4) is 0 Å². The molecule has 0 unspecified atom stereocenters. The Morgan fingerprint density at radius 1 is 1.38 bits per heavy atom. The Hall–Kier alpha value is -2.19. The van der Waals surface area contributed by atoms with Crippen molar-refractivity contribution in [1.29, 1.82) is 0 Å². The van der Waals surface area contributed by atoms with Gasteiger partial charge in [0, 0.05) is 32.0 Å². The smallest absolute Gasteiger partial charge is 0.259 e. The minimum absolute atomic E-state index is 0.0245. The van der Waals surface area contributed by atoms with E-state index in [0.29, 0.717) is 24.0 Å². The summed E-state index contributed by atoms with van der Waals surface area (Å²) in [6.07, 6.45) is 4.95. The molecule has 0 radical (unpaired) electrons. The lowest BCUT2D eigenvalue weighted by molar-refractivity contribution is 0.0319. The lowest BCUT2D eigenvalue weighted by Gasteiger charge is -2.26. The van der Waals surface area contributed by atoms with Crippen LogP contribution < -0.4 is 10.3 Å². The second-order valence-electron chi connectivity index (χ2n) is 6.04. The summed E-state index contributed by atoms with van der Waals surface area (Å²) in [6, 6.07) is 0. The van der Waals surface area contributed by atoms with Gasteiger partial charge in [0.05, 0.1) is 18.8 Å². The van der Waals surface area contributed by atoms with Crippen LogP contribution in [0.15, 0.2) is 23.5 Å².